The number of hydrogen-bond donors (Lipinski definition) is 1. The van der Waals surface area contributed by atoms with Crippen LogP contribution in [0.25, 0.3) is 5.69 Å². The average Bonchev–Trinajstić information content (AvgIpc) is 2.65. The van der Waals surface area contributed by atoms with Crippen LogP contribution in [-0.2, 0) is 6.42 Å². The fourth-order valence-corrected chi connectivity index (χ4v) is 1.85. The van der Waals surface area contributed by atoms with Gasteiger partial charge in [-0.1, -0.05) is 13.8 Å². The topological polar surface area (TPSA) is 37.8 Å². The summed E-state index contributed by atoms with van der Waals surface area (Å²) in [6.07, 6.45) is 0.633. The highest BCUT2D eigenvalue weighted by Gasteiger charge is 2.14. The third-order valence-electron chi connectivity index (χ3n) is 2.63. The quantitative estimate of drug-likeness (QED) is 0.856. The lowest BCUT2D eigenvalue weighted by molar-refractivity contribution is 0.445. The van der Waals surface area contributed by atoms with E-state index in [2.05, 4.69) is 5.10 Å². The fourth-order valence-electron chi connectivity index (χ4n) is 1.85. The van der Waals surface area contributed by atoms with Crippen LogP contribution in [0.15, 0.2) is 23.0 Å². The highest BCUT2D eigenvalue weighted by atomic mass is 19.2. The zero-order chi connectivity index (χ0) is 14.2. The monoisotopic (exact) mass is 270 g/mol. The number of benzene rings is 1. The van der Waals surface area contributed by atoms with Crippen LogP contribution in [-0.4, -0.2) is 9.78 Å². The van der Waals surface area contributed by atoms with Crippen LogP contribution in [0.4, 0.5) is 13.2 Å². The van der Waals surface area contributed by atoms with E-state index < -0.39 is 23.0 Å². The molecule has 0 spiro atoms. The Morgan fingerprint density at radius 1 is 1.16 bits per heavy atom. The summed E-state index contributed by atoms with van der Waals surface area (Å²) in [5.74, 6) is -3.89. The van der Waals surface area contributed by atoms with Gasteiger partial charge in [0.05, 0.1) is 5.69 Å². The van der Waals surface area contributed by atoms with E-state index in [0.717, 1.165) is 16.8 Å². The molecule has 0 bridgehead atoms. The van der Waals surface area contributed by atoms with Crippen molar-refractivity contribution in [1.29, 1.82) is 0 Å². The lowest BCUT2D eigenvalue weighted by atomic mass is 10.1. The maximum atomic E-state index is 13.1. The molecule has 1 heterocycles. The van der Waals surface area contributed by atoms with Crippen LogP contribution >= 0.6 is 0 Å². The van der Waals surface area contributed by atoms with Crippen molar-refractivity contribution in [3.8, 4) is 5.69 Å². The second kappa shape index (κ2) is 4.95. The van der Waals surface area contributed by atoms with E-state index in [-0.39, 0.29) is 5.69 Å². The van der Waals surface area contributed by atoms with Gasteiger partial charge in [-0.25, -0.2) is 17.9 Å². The molecule has 0 atom stereocenters. The van der Waals surface area contributed by atoms with Crippen molar-refractivity contribution >= 4 is 0 Å². The second-order valence-electron chi connectivity index (χ2n) is 4.78. The Morgan fingerprint density at radius 3 is 2.26 bits per heavy atom. The Balaban J connectivity index is 2.47. The van der Waals surface area contributed by atoms with E-state index in [1.807, 2.05) is 13.8 Å². The highest BCUT2D eigenvalue weighted by Crippen LogP contribution is 2.15. The van der Waals surface area contributed by atoms with Crippen molar-refractivity contribution in [1.82, 2.24) is 9.78 Å². The Morgan fingerprint density at radius 2 is 1.74 bits per heavy atom. The number of nitrogens with zero attached hydrogens (tertiary/aromatic N) is 1. The third kappa shape index (κ3) is 2.72. The van der Waals surface area contributed by atoms with Crippen LogP contribution in [0.5, 0.6) is 0 Å². The first-order valence-electron chi connectivity index (χ1n) is 5.84. The van der Waals surface area contributed by atoms with Gasteiger partial charge in [0.15, 0.2) is 17.5 Å². The first-order valence-corrected chi connectivity index (χ1v) is 5.84. The first-order chi connectivity index (χ1) is 8.88. The highest BCUT2D eigenvalue weighted by molar-refractivity contribution is 5.33. The number of nitrogens with one attached hydrogen (secondary N) is 1. The molecule has 0 saturated carbocycles. The number of halogens is 3. The van der Waals surface area contributed by atoms with Gasteiger partial charge in [0.25, 0.3) is 5.56 Å². The largest absolute Gasteiger partial charge is 0.295 e. The van der Waals surface area contributed by atoms with E-state index in [4.69, 9.17) is 0 Å². The van der Waals surface area contributed by atoms with E-state index in [0.29, 0.717) is 18.0 Å². The maximum Gasteiger partial charge on any atom is 0.271 e. The lowest BCUT2D eigenvalue weighted by Gasteiger charge is -2.05. The van der Waals surface area contributed by atoms with Crippen molar-refractivity contribution in [3.05, 3.63) is 51.7 Å². The van der Waals surface area contributed by atoms with E-state index >= 15 is 0 Å². The summed E-state index contributed by atoms with van der Waals surface area (Å²) in [4.78, 5) is 11.7. The number of hydrogen-bond acceptors (Lipinski definition) is 1. The minimum atomic E-state index is -1.55. The summed E-state index contributed by atoms with van der Waals surface area (Å²) in [6.45, 7) is 3.96. The Bertz CT molecular complexity index is 635. The summed E-state index contributed by atoms with van der Waals surface area (Å²) in [5, 5.41) is 2.75. The SMILES string of the molecule is CC(C)Cc1cc(=O)n(-c2cc(F)c(F)c(F)c2)[nH]1. The average molecular weight is 270 g/mol. The molecule has 2 aromatic rings. The molecule has 0 amide bonds. The number of rotatable bonds is 3. The Labute approximate surface area is 107 Å². The van der Waals surface area contributed by atoms with Gasteiger partial charge < -0.3 is 0 Å². The van der Waals surface area contributed by atoms with Gasteiger partial charge in [0.2, 0.25) is 0 Å². The normalized spacial score (nSPS) is 11.3. The predicted octanol–water partition coefficient (Wildman–Crippen LogP) is 2.78. The Hall–Kier alpha value is -1.98. The lowest BCUT2D eigenvalue weighted by Crippen LogP contribution is -2.14. The Kier molecular flexibility index (Phi) is 3.50. The molecule has 0 aliphatic rings. The van der Waals surface area contributed by atoms with Crippen LogP contribution < -0.4 is 5.56 Å². The van der Waals surface area contributed by atoms with Crippen LogP contribution in [0.3, 0.4) is 0 Å². The van der Waals surface area contributed by atoms with Crippen molar-refractivity contribution in [3.63, 3.8) is 0 Å². The first kappa shape index (κ1) is 13.5. The fraction of sp³-hybridized carbons (Fsp3) is 0.308. The summed E-state index contributed by atoms with van der Waals surface area (Å²) in [6, 6.07) is 2.91. The summed E-state index contributed by atoms with van der Waals surface area (Å²) in [7, 11) is 0. The van der Waals surface area contributed by atoms with Gasteiger partial charge in [-0.3, -0.25) is 9.89 Å². The molecular formula is C13H13F3N2O. The molecular weight excluding hydrogens is 257 g/mol. The molecule has 102 valence electrons. The van der Waals surface area contributed by atoms with Gasteiger partial charge in [0.1, 0.15) is 0 Å². The van der Waals surface area contributed by atoms with Gasteiger partial charge in [-0.2, -0.15) is 0 Å². The molecule has 6 heteroatoms. The van der Waals surface area contributed by atoms with Gasteiger partial charge in [0, 0.05) is 23.9 Å². The molecule has 0 aliphatic heterocycles. The van der Waals surface area contributed by atoms with E-state index in [9.17, 15) is 18.0 Å². The summed E-state index contributed by atoms with van der Waals surface area (Å²) < 4.78 is 40.1. The standard InChI is InChI=1S/C13H13F3N2O/c1-7(2)3-8-4-12(19)18(17-8)9-5-10(14)13(16)11(15)6-9/h4-7,17H,3H2,1-2H3. The smallest absolute Gasteiger partial charge is 0.271 e. The van der Waals surface area contributed by atoms with Gasteiger partial charge in [-0.05, 0) is 12.3 Å². The summed E-state index contributed by atoms with van der Waals surface area (Å²) >= 11 is 0. The third-order valence-corrected chi connectivity index (χ3v) is 2.63. The minimum absolute atomic E-state index is 0.0728. The number of aromatic amines is 1. The molecule has 1 aromatic carbocycles. The van der Waals surface area contributed by atoms with Crippen molar-refractivity contribution in [2.45, 2.75) is 20.3 Å². The predicted molar refractivity (Wildman–Crippen MR) is 64.8 cm³/mol. The van der Waals surface area contributed by atoms with Gasteiger partial charge >= 0.3 is 0 Å². The molecule has 2 rings (SSSR count). The van der Waals surface area contributed by atoms with Crippen molar-refractivity contribution in [2.24, 2.45) is 5.92 Å². The van der Waals surface area contributed by atoms with Crippen LogP contribution in [0.2, 0.25) is 0 Å². The number of aromatic nitrogens is 2. The minimum Gasteiger partial charge on any atom is -0.295 e. The van der Waals surface area contributed by atoms with Gasteiger partial charge in [-0.15, -0.1) is 0 Å². The molecule has 0 saturated heterocycles. The van der Waals surface area contributed by atoms with Crippen molar-refractivity contribution < 1.29 is 13.2 Å². The molecule has 3 nitrogen and oxygen atoms in total. The van der Waals surface area contributed by atoms with Crippen LogP contribution in [0.1, 0.15) is 19.5 Å². The van der Waals surface area contributed by atoms with E-state index in [1.54, 1.807) is 0 Å². The molecule has 0 aliphatic carbocycles. The number of H-pyrrole nitrogens is 1. The van der Waals surface area contributed by atoms with Crippen molar-refractivity contribution in [2.75, 3.05) is 0 Å². The molecule has 0 fully saturated rings. The molecule has 1 N–H and O–H groups in total. The molecule has 19 heavy (non-hydrogen) atoms. The van der Waals surface area contributed by atoms with E-state index in [1.165, 1.54) is 6.07 Å². The van der Waals surface area contributed by atoms with Crippen LogP contribution in [0, 0.1) is 23.4 Å². The zero-order valence-electron chi connectivity index (χ0n) is 10.5. The second-order valence-corrected chi connectivity index (χ2v) is 4.78. The maximum absolute atomic E-state index is 13.1. The molecule has 0 unspecified atom stereocenters. The molecule has 0 radical (unpaired) electrons. The zero-order valence-corrected chi connectivity index (χ0v) is 10.5. The summed E-state index contributed by atoms with van der Waals surface area (Å²) in [5.41, 5.74) is 0.141. The molecule has 1 aromatic heterocycles.